The first-order valence-electron chi connectivity index (χ1n) is 6.18. The van der Waals surface area contributed by atoms with E-state index < -0.39 is 0 Å². The standard InChI is InChI=1S/C14H15Cl2N3O/c1-2-20-13-4-3-11(5-9(13)7-17)19-14-12(16)6-10(15)8-18-14/h3-6,8H,2,7,17H2,1H3,(H,18,19). The molecule has 0 spiro atoms. The van der Waals surface area contributed by atoms with E-state index in [0.717, 1.165) is 17.0 Å². The normalized spacial score (nSPS) is 10.4. The third-order valence-electron chi connectivity index (χ3n) is 2.65. The van der Waals surface area contributed by atoms with Gasteiger partial charge in [-0.15, -0.1) is 0 Å². The Morgan fingerprint density at radius 3 is 2.75 bits per heavy atom. The maximum absolute atomic E-state index is 6.08. The molecule has 3 N–H and O–H groups in total. The summed E-state index contributed by atoms with van der Waals surface area (Å²) in [6, 6.07) is 7.31. The Morgan fingerprint density at radius 1 is 1.30 bits per heavy atom. The lowest BCUT2D eigenvalue weighted by atomic mass is 10.1. The molecule has 1 heterocycles. The van der Waals surface area contributed by atoms with Crippen LogP contribution in [0.5, 0.6) is 5.75 Å². The van der Waals surface area contributed by atoms with E-state index in [9.17, 15) is 0 Å². The van der Waals surface area contributed by atoms with Crippen LogP contribution in [0, 0.1) is 0 Å². The lowest BCUT2D eigenvalue weighted by Crippen LogP contribution is -2.03. The molecule has 20 heavy (non-hydrogen) atoms. The summed E-state index contributed by atoms with van der Waals surface area (Å²) in [6.07, 6.45) is 1.54. The fraction of sp³-hybridized carbons (Fsp3) is 0.214. The topological polar surface area (TPSA) is 60.2 Å². The summed E-state index contributed by atoms with van der Waals surface area (Å²) in [5.74, 6) is 1.33. The SMILES string of the molecule is CCOc1ccc(Nc2ncc(Cl)cc2Cl)cc1CN. The minimum atomic E-state index is 0.395. The minimum Gasteiger partial charge on any atom is -0.494 e. The van der Waals surface area contributed by atoms with Crippen molar-refractivity contribution < 1.29 is 4.74 Å². The molecule has 1 aromatic heterocycles. The maximum atomic E-state index is 6.08. The lowest BCUT2D eigenvalue weighted by Gasteiger charge is -2.12. The molecule has 6 heteroatoms. The first kappa shape index (κ1) is 14.9. The molecule has 106 valence electrons. The lowest BCUT2D eigenvalue weighted by molar-refractivity contribution is 0.336. The van der Waals surface area contributed by atoms with Crippen molar-refractivity contribution in [3.8, 4) is 5.75 Å². The van der Waals surface area contributed by atoms with Crippen molar-refractivity contribution in [3.63, 3.8) is 0 Å². The largest absolute Gasteiger partial charge is 0.494 e. The number of anilines is 2. The molecule has 0 unspecified atom stereocenters. The molecule has 0 radical (unpaired) electrons. The van der Waals surface area contributed by atoms with E-state index in [1.165, 1.54) is 6.20 Å². The van der Waals surface area contributed by atoms with E-state index in [0.29, 0.717) is 29.0 Å². The third kappa shape index (κ3) is 3.54. The summed E-state index contributed by atoms with van der Waals surface area (Å²) >= 11 is 11.9. The quantitative estimate of drug-likeness (QED) is 0.876. The first-order valence-corrected chi connectivity index (χ1v) is 6.93. The van der Waals surface area contributed by atoms with Crippen LogP contribution in [0.2, 0.25) is 10.0 Å². The van der Waals surface area contributed by atoms with Gasteiger partial charge in [-0.25, -0.2) is 4.98 Å². The second-order valence-electron chi connectivity index (χ2n) is 4.07. The molecule has 1 aromatic carbocycles. The molecule has 0 aliphatic rings. The molecular weight excluding hydrogens is 297 g/mol. The van der Waals surface area contributed by atoms with Crippen molar-refractivity contribution in [1.82, 2.24) is 4.98 Å². The van der Waals surface area contributed by atoms with Crippen molar-refractivity contribution in [2.75, 3.05) is 11.9 Å². The second kappa shape index (κ2) is 6.79. The summed E-state index contributed by atoms with van der Waals surface area (Å²) in [7, 11) is 0. The minimum absolute atomic E-state index is 0.395. The maximum Gasteiger partial charge on any atom is 0.149 e. The number of aromatic nitrogens is 1. The zero-order valence-electron chi connectivity index (χ0n) is 11.0. The molecule has 0 saturated heterocycles. The summed E-state index contributed by atoms with van der Waals surface area (Å²) in [5.41, 5.74) is 7.48. The van der Waals surface area contributed by atoms with Crippen molar-refractivity contribution in [3.05, 3.63) is 46.1 Å². The summed E-state index contributed by atoms with van der Waals surface area (Å²) in [6.45, 7) is 2.93. The van der Waals surface area contributed by atoms with Crippen molar-refractivity contribution in [1.29, 1.82) is 0 Å². The molecule has 0 bridgehead atoms. The number of benzene rings is 1. The smallest absolute Gasteiger partial charge is 0.149 e. The average molecular weight is 312 g/mol. The van der Waals surface area contributed by atoms with Gasteiger partial charge in [0.2, 0.25) is 0 Å². The van der Waals surface area contributed by atoms with Gasteiger partial charge >= 0.3 is 0 Å². The van der Waals surface area contributed by atoms with Gasteiger partial charge in [-0.2, -0.15) is 0 Å². The highest BCUT2D eigenvalue weighted by atomic mass is 35.5. The molecule has 2 aromatic rings. The number of hydrogen-bond donors (Lipinski definition) is 2. The van der Waals surface area contributed by atoms with Gasteiger partial charge in [-0.05, 0) is 31.2 Å². The van der Waals surface area contributed by atoms with Gasteiger partial charge in [0.15, 0.2) is 0 Å². The molecule has 0 saturated carbocycles. The van der Waals surface area contributed by atoms with E-state index in [4.69, 9.17) is 33.7 Å². The fourth-order valence-electron chi connectivity index (χ4n) is 1.76. The number of halogens is 2. The van der Waals surface area contributed by atoms with E-state index in [1.54, 1.807) is 6.07 Å². The van der Waals surface area contributed by atoms with E-state index in [1.807, 2.05) is 25.1 Å². The Kier molecular flexibility index (Phi) is 5.06. The first-order chi connectivity index (χ1) is 9.63. The average Bonchev–Trinajstić information content (AvgIpc) is 2.43. The van der Waals surface area contributed by atoms with E-state index in [2.05, 4.69) is 10.3 Å². The Labute approximate surface area is 127 Å². The van der Waals surface area contributed by atoms with Gasteiger partial charge in [0.05, 0.1) is 16.7 Å². The van der Waals surface area contributed by atoms with Gasteiger partial charge in [0.1, 0.15) is 11.6 Å². The van der Waals surface area contributed by atoms with Crippen LogP contribution in [0.4, 0.5) is 11.5 Å². The zero-order chi connectivity index (χ0) is 14.5. The van der Waals surface area contributed by atoms with Gasteiger partial charge in [0.25, 0.3) is 0 Å². The molecule has 0 atom stereocenters. The molecule has 0 amide bonds. The summed E-state index contributed by atoms with van der Waals surface area (Å²) < 4.78 is 5.51. The van der Waals surface area contributed by atoms with Crippen LogP contribution in [0.25, 0.3) is 0 Å². The highest BCUT2D eigenvalue weighted by Gasteiger charge is 2.07. The van der Waals surface area contributed by atoms with Crippen LogP contribution in [0.3, 0.4) is 0 Å². The molecular formula is C14H15Cl2N3O. The number of nitrogens with one attached hydrogen (secondary N) is 1. The van der Waals surface area contributed by atoms with Crippen LogP contribution in [-0.4, -0.2) is 11.6 Å². The Bertz CT molecular complexity index is 605. The Morgan fingerprint density at radius 2 is 2.10 bits per heavy atom. The molecule has 0 aliphatic heterocycles. The molecule has 4 nitrogen and oxygen atoms in total. The monoisotopic (exact) mass is 311 g/mol. The predicted octanol–water partition coefficient (Wildman–Crippen LogP) is 3.99. The van der Waals surface area contributed by atoms with Gasteiger partial charge in [-0.1, -0.05) is 23.2 Å². The van der Waals surface area contributed by atoms with Crippen LogP contribution in [0.1, 0.15) is 12.5 Å². The molecule has 0 aliphatic carbocycles. The number of rotatable bonds is 5. The third-order valence-corrected chi connectivity index (χ3v) is 3.15. The summed E-state index contributed by atoms with van der Waals surface area (Å²) in [4.78, 5) is 4.15. The van der Waals surface area contributed by atoms with Crippen molar-refractivity contribution in [2.45, 2.75) is 13.5 Å². The van der Waals surface area contributed by atoms with Gasteiger partial charge < -0.3 is 15.8 Å². The number of ether oxygens (including phenoxy) is 1. The zero-order valence-corrected chi connectivity index (χ0v) is 12.5. The summed E-state index contributed by atoms with van der Waals surface area (Å²) in [5, 5.41) is 4.08. The predicted molar refractivity (Wildman–Crippen MR) is 83.0 cm³/mol. The van der Waals surface area contributed by atoms with Crippen LogP contribution < -0.4 is 15.8 Å². The number of nitrogens with zero attached hydrogens (tertiary/aromatic N) is 1. The number of pyridine rings is 1. The van der Waals surface area contributed by atoms with E-state index >= 15 is 0 Å². The number of nitrogens with two attached hydrogens (primary N) is 1. The van der Waals surface area contributed by atoms with Crippen LogP contribution in [0.15, 0.2) is 30.5 Å². The second-order valence-corrected chi connectivity index (χ2v) is 4.91. The fourth-order valence-corrected chi connectivity index (χ4v) is 2.18. The van der Waals surface area contributed by atoms with E-state index in [-0.39, 0.29) is 0 Å². The molecule has 2 rings (SSSR count). The van der Waals surface area contributed by atoms with Crippen molar-refractivity contribution >= 4 is 34.7 Å². The van der Waals surface area contributed by atoms with Gasteiger partial charge in [-0.3, -0.25) is 0 Å². The highest BCUT2D eigenvalue weighted by Crippen LogP contribution is 2.28. The van der Waals surface area contributed by atoms with Crippen molar-refractivity contribution in [2.24, 2.45) is 5.73 Å². The number of hydrogen-bond acceptors (Lipinski definition) is 4. The van der Waals surface area contributed by atoms with Crippen LogP contribution >= 0.6 is 23.2 Å². The Hall–Kier alpha value is -1.49. The van der Waals surface area contributed by atoms with Crippen LogP contribution in [-0.2, 0) is 6.54 Å². The van der Waals surface area contributed by atoms with Gasteiger partial charge in [0, 0.05) is 24.0 Å². The Balaban J connectivity index is 2.25. The highest BCUT2D eigenvalue weighted by molar-refractivity contribution is 6.36. The molecule has 0 fully saturated rings.